The van der Waals surface area contributed by atoms with Crippen LogP contribution < -0.4 is 9.64 Å². The minimum Gasteiger partial charge on any atom is -0.497 e. The number of nitrogens with zero attached hydrogens (tertiary/aromatic N) is 3. The van der Waals surface area contributed by atoms with Gasteiger partial charge in [-0.2, -0.15) is 0 Å². The Hall–Kier alpha value is -3.51. The molecule has 0 N–H and O–H groups in total. The minimum absolute atomic E-state index is 0.150. The lowest BCUT2D eigenvalue weighted by Crippen LogP contribution is -2.30. The van der Waals surface area contributed by atoms with Crippen LogP contribution in [0.15, 0.2) is 84.5 Å². The maximum atomic E-state index is 13.3. The molecule has 29 heavy (non-hydrogen) atoms. The molecule has 6 heteroatoms. The van der Waals surface area contributed by atoms with Gasteiger partial charge in [-0.25, -0.2) is 9.97 Å². The minimum atomic E-state index is -0.150. The number of carbonyl (C=O) groups is 1. The van der Waals surface area contributed by atoms with E-state index in [0.29, 0.717) is 17.9 Å². The van der Waals surface area contributed by atoms with E-state index in [-0.39, 0.29) is 5.91 Å². The van der Waals surface area contributed by atoms with Crippen molar-refractivity contribution < 1.29 is 9.53 Å². The molecule has 0 saturated heterocycles. The molecule has 0 unspecified atom stereocenters. The summed E-state index contributed by atoms with van der Waals surface area (Å²) in [5, 5.41) is 2.00. The van der Waals surface area contributed by atoms with Gasteiger partial charge in [0.25, 0.3) is 5.91 Å². The summed E-state index contributed by atoms with van der Waals surface area (Å²) in [5.74, 6) is 1.19. The second-order valence-corrected chi connectivity index (χ2v) is 7.36. The van der Waals surface area contributed by atoms with Gasteiger partial charge in [-0.05, 0) is 35.7 Å². The topological polar surface area (TPSA) is 55.3 Å². The van der Waals surface area contributed by atoms with E-state index in [4.69, 9.17) is 4.74 Å². The van der Waals surface area contributed by atoms with Crippen LogP contribution in [0, 0.1) is 0 Å². The molecule has 144 valence electrons. The van der Waals surface area contributed by atoms with E-state index in [0.717, 1.165) is 21.9 Å². The number of aromatic nitrogens is 2. The van der Waals surface area contributed by atoms with Gasteiger partial charge in [0.15, 0.2) is 5.82 Å². The second kappa shape index (κ2) is 8.67. The summed E-state index contributed by atoms with van der Waals surface area (Å²) >= 11 is 1.62. The first-order valence-corrected chi connectivity index (χ1v) is 9.98. The van der Waals surface area contributed by atoms with Crippen molar-refractivity contribution in [2.75, 3.05) is 12.0 Å². The van der Waals surface area contributed by atoms with Gasteiger partial charge in [-0.3, -0.25) is 4.79 Å². The van der Waals surface area contributed by atoms with E-state index < -0.39 is 0 Å². The number of hydrogen-bond acceptors (Lipinski definition) is 5. The van der Waals surface area contributed by atoms with Gasteiger partial charge in [0.2, 0.25) is 0 Å². The zero-order valence-electron chi connectivity index (χ0n) is 15.9. The van der Waals surface area contributed by atoms with Crippen LogP contribution in [0.4, 0.5) is 5.69 Å². The van der Waals surface area contributed by atoms with Crippen LogP contribution in [0.3, 0.4) is 0 Å². The fourth-order valence-corrected chi connectivity index (χ4v) is 3.62. The molecule has 2 heterocycles. The summed E-state index contributed by atoms with van der Waals surface area (Å²) < 4.78 is 5.23. The molecular weight excluding hydrogens is 382 g/mol. The summed E-state index contributed by atoms with van der Waals surface area (Å²) in [7, 11) is 1.62. The Labute approximate surface area is 173 Å². The van der Waals surface area contributed by atoms with Crippen molar-refractivity contribution in [2.24, 2.45) is 0 Å². The number of anilines is 1. The van der Waals surface area contributed by atoms with Gasteiger partial charge in [0, 0.05) is 28.5 Å². The second-order valence-electron chi connectivity index (χ2n) is 6.33. The molecule has 0 saturated carbocycles. The van der Waals surface area contributed by atoms with Crippen molar-refractivity contribution in [3.05, 3.63) is 94.9 Å². The van der Waals surface area contributed by atoms with Crippen molar-refractivity contribution in [3.8, 4) is 17.1 Å². The largest absolute Gasteiger partial charge is 0.497 e. The standard InChI is InChI=1S/C23H19N3O2S/c1-28-20-11-9-19(10-12-20)26(16-21-8-5-13-29-21)23(27)18-14-24-22(25-15-18)17-6-3-2-4-7-17/h2-15H,16H2,1H3. The number of carbonyl (C=O) groups excluding carboxylic acids is 1. The van der Waals surface area contributed by atoms with Gasteiger partial charge in [-0.1, -0.05) is 36.4 Å². The molecule has 0 aliphatic carbocycles. The first-order valence-electron chi connectivity index (χ1n) is 9.10. The highest BCUT2D eigenvalue weighted by Gasteiger charge is 2.20. The first-order chi connectivity index (χ1) is 14.2. The first kappa shape index (κ1) is 18.8. The molecule has 0 aliphatic heterocycles. The van der Waals surface area contributed by atoms with Crippen molar-refractivity contribution >= 4 is 22.9 Å². The maximum Gasteiger partial charge on any atom is 0.261 e. The lowest BCUT2D eigenvalue weighted by molar-refractivity contribution is 0.0984. The predicted molar refractivity (Wildman–Crippen MR) is 115 cm³/mol. The average Bonchev–Trinajstić information content (AvgIpc) is 3.31. The molecule has 0 aliphatic rings. The van der Waals surface area contributed by atoms with E-state index in [1.807, 2.05) is 72.1 Å². The van der Waals surface area contributed by atoms with Crippen LogP contribution in [0.5, 0.6) is 5.75 Å². The van der Waals surface area contributed by atoms with Crippen molar-refractivity contribution in [2.45, 2.75) is 6.54 Å². The van der Waals surface area contributed by atoms with E-state index >= 15 is 0 Å². The highest BCUT2D eigenvalue weighted by Crippen LogP contribution is 2.24. The summed E-state index contributed by atoms with van der Waals surface area (Å²) in [6.07, 6.45) is 3.17. The van der Waals surface area contributed by atoms with Gasteiger partial charge in [0.05, 0.1) is 19.2 Å². The molecule has 1 amide bonds. The van der Waals surface area contributed by atoms with E-state index in [1.54, 1.807) is 35.7 Å². The quantitative estimate of drug-likeness (QED) is 0.453. The molecular formula is C23H19N3O2S. The number of ether oxygens (including phenoxy) is 1. The number of thiophene rings is 1. The lowest BCUT2D eigenvalue weighted by atomic mass is 10.2. The van der Waals surface area contributed by atoms with Crippen molar-refractivity contribution in [3.63, 3.8) is 0 Å². The highest BCUT2D eigenvalue weighted by atomic mass is 32.1. The Kier molecular flexibility index (Phi) is 5.63. The van der Waals surface area contributed by atoms with Crippen LogP contribution >= 0.6 is 11.3 Å². The van der Waals surface area contributed by atoms with Crippen LogP contribution in [-0.4, -0.2) is 23.0 Å². The predicted octanol–water partition coefficient (Wildman–Crippen LogP) is 5.06. The third-order valence-electron chi connectivity index (χ3n) is 4.45. The Morgan fingerprint density at radius 3 is 2.31 bits per heavy atom. The van der Waals surface area contributed by atoms with Gasteiger partial charge in [-0.15, -0.1) is 11.3 Å². The average molecular weight is 401 g/mol. The van der Waals surface area contributed by atoms with Crippen molar-refractivity contribution in [1.82, 2.24) is 9.97 Å². The van der Waals surface area contributed by atoms with Gasteiger partial charge >= 0.3 is 0 Å². The zero-order chi connectivity index (χ0) is 20.1. The monoisotopic (exact) mass is 401 g/mol. The van der Waals surface area contributed by atoms with E-state index in [2.05, 4.69) is 9.97 Å². The third kappa shape index (κ3) is 4.33. The zero-order valence-corrected chi connectivity index (χ0v) is 16.7. The SMILES string of the molecule is COc1ccc(N(Cc2cccs2)C(=O)c2cnc(-c3ccccc3)nc2)cc1. The molecule has 0 fully saturated rings. The van der Waals surface area contributed by atoms with Crippen LogP contribution in [0.1, 0.15) is 15.2 Å². The Bertz CT molecular complexity index is 1060. The molecule has 5 nitrogen and oxygen atoms in total. The Balaban J connectivity index is 1.63. The highest BCUT2D eigenvalue weighted by molar-refractivity contribution is 7.09. The normalized spacial score (nSPS) is 10.5. The fourth-order valence-electron chi connectivity index (χ4n) is 2.93. The van der Waals surface area contributed by atoms with Crippen LogP contribution in [0.25, 0.3) is 11.4 Å². The number of amides is 1. The molecule has 0 radical (unpaired) electrons. The number of hydrogen-bond donors (Lipinski definition) is 0. The number of benzene rings is 2. The fraction of sp³-hybridized carbons (Fsp3) is 0.0870. The summed E-state index contributed by atoms with van der Waals surface area (Å²) in [5.41, 5.74) is 2.14. The van der Waals surface area contributed by atoms with Crippen LogP contribution in [0.2, 0.25) is 0 Å². The molecule has 0 atom stereocenters. The maximum absolute atomic E-state index is 13.3. The summed E-state index contributed by atoms with van der Waals surface area (Å²) in [6, 6.07) is 21.1. The smallest absolute Gasteiger partial charge is 0.261 e. The summed E-state index contributed by atoms with van der Waals surface area (Å²) in [4.78, 5) is 24.9. The molecule has 4 rings (SSSR count). The molecule has 2 aromatic carbocycles. The van der Waals surface area contributed by atoms with Gasteiger partial charge in [0.1, 0.15) is 5.75 Å². The molecule has 4 aromatic rings. The van der Waals surface area contributed by atoms with Gasteiger partial charge < -0.3 is 9.64 Å². The van der Waals surface area contributed by atoms with E-state index in [9.17, 15) is 4.79 Å². The van der Waals surface area contributed by atoms with Crippen molar-refractivity contribution in [1.29, 1.82) is 0 Å². The lowest BCUT2D eigenvalue weighted by Gasteiger charge is -2.22. The third-order valence-corrected chi connectivity index (χ3v) is 5.32. The Morgan fingerprint density at radius 2 is 1.69 bits per heavy atom. The number of methoxy groups -OCH3 is 1. The molecule has 0 spiro atoms. The van der Waals surface area contributed by atoms with E-state index in [1.165, 1.54) is 0 Å². The molecule has 0 bridgehead atoms. The summed E-state index contributed by atoms with van der Waals surface area (Å²) in [6.45, 7) is 0.475. The van der Waals surface area contributed by atoms with Crippen LogP contribution in [-0.2, 0) is 6.54 Å². The Morgan fingerprint density at radius 1 is 0.966 bits per heavy atom. The molecule has 2 aromatic heterocycles. The number of rotatable bonds is 6.